The van der Waals surface area contributed by atoms with Crippen LogP contribution in [-0.4, -0.2) is 35.4 Å². The van der Waals surface area contributed by atoms with Crippen molar-refractivity contribution in [1.29, 1.82) is 0 Å². The van der Waals surface area contributed by atoms with Gasteiger partial charge < -0.3 is 14.6 Å². The molecule has 0 aliphatic carbocycles. The van der Waals surface area contributed by atoms with E-state index in [-0.39, 0.29) is 24.3 Å². The molecule has 1 unspecified atom stereocenters. The van der Waals surface area contributed by atoms with Crippen LogP contribution >= 0.6 is 0 Å². The first-order valence-corrected chi connectivity index (χ1v) is 8.23. The number of para-hydroxylation sites is 1. The Labute approximate surface area is 145 Å². The summed E-state index contributed by atoms with van der Waals surface area (Å²) in [7, 11) is 1.36. The molecule has 4 rings (SSSR count). The average molecular weight is 334 g/mol. The number of esters is 1. The molecule has 3 aromatic rings. The molecule has 0 radical (unpaired) electrons. The summed E-state index contributed by atoms with van der Waals surface area (Å²) in [6, 6.07) is 15.5. The van der Waals surface area contributed by atoms with Crippen molar-refractivity contribution in [2.24, 2.45) is 0 Å². The van der Waals surface area contributed by atoms with Gasteiger partial charge in [0.25, 0.3) is 5.91 Å². The molecule has 1 aliphatic heterocycles. The van der Waals surface area contributed by atoms with Crippen molar-refractivity contribution in [2.75, 3.05) is 13.7 Å². The van der Waals surface area contributed by atoms with Gasteiger partial charge in [-0.3, -0.25) is 9.59 Å². The fourth-order valence-corrected chi connectivity index (χ4v) is 3.57. The molecule has 1 aliphatic rings. The van der Waals surface area contributed by atoms with Crippen molar-refractivity contribution in [3.8, 4) is 0 Å². The molecule has 5 nitrogen and oxygen atoms in total. The van der Waals surface area contributed by atoms with Crippen molar-refractivity contribution >= 4 is 22.8 Å². The summed E-state index contributed by atoms with van der Waals surface area (Å²) in [5.41, 5.74) is 3.74. The summed E-state index contributed by atoms with van der Waals surface area (Å²) in [5.74, 6) is -0.365. The standard InChI is InChI=1S/C20H18N2O3/c1-25-18(23)10-11-22-19(14-7-2-3-8-15(14)20(22)24)16-12-21-17-9-5-4-6-13(16)17/h2-9,12,19,21H,10-11H2,1H3. The number of fused-ring (bicyclic) bond motifs is 2. The Bertz CT molecular complexity index is 960. The van der Waals surface area contributed by atoms with Gasteiger partial charge in [-0.05, 0) is 17.7 Å². The lowest BCUT2D eigenvalue weighted by Crippen LogP contribution is -2.31. The van der Waals surface area contributed by atoms with Crippen molar-refractivity contribution in [3.05, 3.63) is 71.4 Å². The van der Waals surface area contributed by atoms with E-state index in [9.17, 15) is 9.59 Å². The van der Waals surface area contributed by atoms with Crippen LogP contribution in [-0.2, 0) is 9.53 Å². The number of aromatic amines is 1. The van der Waals surface area contributed by atoms with Crippen molar-refractivity contribution in [2.45, 2.75) is 12.5 Å². The molecule has 25 heavy (non-hydrogen) atoms. The summed E-state index contributed by atoms with van der Waals surface area (Å²) in [4.78, 5) is 29.5. The third-order valence-corrected chi connectivity index (χ3v) is 4.76. The monoisotopic (exact) mass is 334 g/mol. The van der Waals surface area contributed by atoms with Crippen LogP contribution < -0.4 is 0 Å². The molecular weight excluding hydrogens is 316 g/mol. The molecule has 0 saturated heterocycles. The number of aromatic nitrogens is 1. The highest BCUT2D eigenvalue weighted by molar-refractivity contribution is 6.01. The van der Waals surface area contributed by atoms with E-state index in [1.807, 2.05) is 54.7 Å². The predicted octanol–water partition coefficient (Wildman–Crippen LogP) is 3.28. The fraction of sp³-hybridized carbons (Fsp3) is 0.200. The summed E-state index contributed by atoms with van der Waals surface area (Å²) in [5, 5.41) is 1.08. The quantitative estimate of drug-likeness (QED) is 0.745. The SMILES string of the molecule is COC(=O)CCN1C(=O)c2ccccc2C1c1c[nH]c2ccccc12. The summed E-state index contributed by atoms with van der Waals surface area (Å²) >= 11 is 0. The molecule has 1 N–H and O–H groups in total. The number of rotatable bonds is 4. The van der Waals surface area contributed by atoms with E-state index in [0.717, 1.165) is 22.0 Å². The number of H-pyrrole nitrogens is 1. The van der Waals surface area contributed by atoms with Gasteiger partial charge in [0.2, 0.25) is 0 Å². The van der Waals surface area contributed by atoms with Gasteiger partial charge in [0.1, 0.15) is 0 Å². The van der Waals surface area contributed by atoms with E-state index in [2.05, 4.69) is 4.98 Å². The second-order valence-corrected chi connectivity index (χ2v) is 6.10. The Morgan fingerprint density at radius 2 is 1.88 bits per heavy atom. The molecule has 0 spiro atoms. The molecule has 0 saturated carbocycles. The minimum atomic E-state index is -0.318. The van der Waals surface area contributed by atoms with Gasteiger partial charge in [0, 0.05) is 34.8 Å². The van der Waals surface area contributed by atoms with Crippen LogP contribution in [0.25, 0.3) is 10.9 Å². The number of carbonyl (C=O) groups excluding carboxylic acids is 2. The van der Waals surface area contributed by atoms with Crippen LogP contribution in [0.2, 0.25) is 0 Å². The van der Waals surface area contributed by atoms with Crippen LogP contribution in [0.1, 0.15) is 33.9 Å². The number of amides is 1. The van der Waals surface area contributed by atoms with Crippen molar-refractivity contribution in [3.63, 3.8) is 0 Å². The van der Waals surface area contributed by atoms with E-state index < -0.39 is 0 Å². The third kappa shape index (κ3) is 2.48. The number of benzene rings is 2. The lowest BCUT2D eigenvalue weighted by atomic mass is 9.97. The molecule has 0 bridgehead atoms. The van der Waals surface area contributed by atoms with Gasteiger partial charge in [0.15, 0.2) is 0 Å². The Balaban J connectivity index is 1.81. The fourth-order valence-electron chi connectivity index (χ4n) is 3.57. The third-order valence-electron chi connectivity index (χ3n) is 4.76. The van der Waals surface area contributed by atoms with Crippen LogP contribution in [0.5, 0.6) is 0 Å². The Morgan fingerprint density at radius 1 is 1.12 bits per heavy atom. The lowest BCUT2D eigenvalue weighted by Gasteiger charge is -2.25. The first-order valence-electron chi connectivity index (χ1n) is 8.23. The van der Waals surface area contributed by atoms with Gasteiger partial charge in [-0.25, -0.2) is 0 Å². The van der Waals surface area contributed by atoms with Crippen LogP contribution in [0.3, 0.4) is 0 Å². The largest absolute Gasteiger partial charge is 0.469 e. The zero-order valence-corrected chi connectivity index (χ0v) is 13.9. The smallest absolute Gasteiger partial charge is 0.307 e. The number of carbonyl (C=O) groups is 2. The van der Waals surface area contributed by atoms with Crippen molar-refractivity contribution < 1.29 is 14.3 Å². The summed E-state index contributed by atoms with van der Waals surface area (Å²) in [6.07, 6.45) is 2.13. The molecule has 0 fully saturated rings. The minimum Gasteiger partial charge on any atom is -0.469 e. The normalized spacial score (nSPS) is 16.3. The maximum atomic E-state index is 12.9. The second-order valence-electron chi connectivity index (χ2n) is 6.10. The Kier molecular flexibility index (Phi) is 3.76. The molecule has 126 valence electrons. The van der Waals surface area contributed by atoms with Crippen molar-refractivity contribution in [1.82, 2.24) is 9.88 Å². The van der Waals surface area contributed by atoms with Gasteiger partial charge >= 0.3 is 5.97 Å². The lowest BCUT2D eigenvalue weighted by molar-refractivity contribution is -0.140. The average Bonchev–Trinajstić information content (AvgIpc) is 3.19. The van der Waals surface area contributed by atoms with Crippen LogP contribution in [0.4, 0.5) is 0 Å². The van der Waals surface area contributed by atoms with E-state index in [1.165, 1.54) is 7.11 Å². The first kappa shape index (κ1) is 15.4. The molecule has 2 heterocycles. The second kappa shape index (κ2) is 6.09. The zero-order valence-electron chi connectivity index (χ0n) is 13.9. The molecule has 1 aromatic heterocycles. The van der Waals surface area contributed by atoms with Crippen LogP contribution in [0, 0.1) is 0 Å². The molecule has 1 amide bonds. The maximum absolute atomic E-state index is 12.9. The first-order chi connectivity index (χ1) is 12.2. The number of nitrogens with one attached hydrogen (secondary N) is 1. The number of ether oxygens (including phenoxy) is 1. The Hall–Kier alpha value is -3.08. The van der Waals surface area contributed by atoms with E-state index in [1.54, 1.807) is 4.90 Å². The van der Waals surface area contributed by atoms with Crippen LogP contribution in [0.15, 0.2) is 54.7 Å². The summed E-state index contributed by atoms with van der Waals surface area (Å²) in [6.45, 7) is 0.324. The number of methoxy groups -OCH3 is 1. The molecule has 5 heteroatoms. The van der Waals surface area contributed by atoms with E-state index in [4.69, 9.17) is 4.74 Å². The molecule has 2 aromatic carbocycles. The maximum Gasteiger partial charge on any atom is 0.307 e. The highest BCUT2D eigenvalue weighted by Gasteiger charge is 2.38. The molecular formula is C20H18N2O3. The highest BCUT2D eigenvalue weighted by Crippen LogP contribution is 2.41. The number of nitrogens with zero attached hydrogens (tertiary/aromatic N) is 1. The zero-order chi connectivity index (χ0) is 17.4. The van der Waals surface area contributed by atoms with Gasteiger partial charge in [-0.2, -0.15) is 0 Å². The predicted molar refractivity (Wildman–Crippen MR) is 94.3 cm³/mol. The van der Waals surface area contributed by atoms with Gasteiger partial charge in [-0.15, -0.1) is 0 Å². The van der Waals surface area contributed by atoms with E-state index >= 15 is 0 Å². The number of hydrogen-bond donors (Lipinski definition) is 1. The summed E-state index contributed by atoms with van der Waals surface area (Å²) < 4.78 is 4.74. The van der Waals surface area contributed by atoms with Gasteiger partial charge in [0.05, 0.1) is 19.6 Å². The van der Waals surface area contributed by atoms with Gasteiger partial charge in [-0.1, -0.05) is 36.4 Å². The number of hydrogen-bond acceptors (Lipinski definition) is 3. The van der Waals surface area contributed by atoms with E-state index in [0.29, 0.717) is 12.1 Å². The molecule has 1 atom stereocenters. The Morgan fingerprint density at radius 3 is 2.72 bits per heavy atom. The highest BCUT2D eigenvalue weighted by atomic mass is 16.5. The topological polar surface area (TPSA) is 62.4 Å². The minimum absolute atomic E-state index is 0.0465.